The van der Waals surface area contributed by atoms with Crippen LogP contribution in [-0.4, -0.2) is 11.0 Å². The number of phenolic OH excluding ortho intramolecular Hbond substituents is 1. The first-order chi connectivity index (χ1) is 9.38. The van der Waals surface area contributed by atoms with Gasteiger partial charge in [-0.25, -0.2) is 0 Å². The minimum absolute atomic E-state index is 0.117. The van der Waals surface area contributed by atoms with Gasteiger partial charge in [0.15, 0.2) is 0 Å². The van der Waals surface area contributed by atoms with Crippen molar-refractivity contribution in [3.8, 4) is 5.75 Å². The minimum Gasteiger partial charge on any atom is -0.508 e. The third kappa shape index (κ3) is 2.82. The second-order valence-electron chi connectivity index (χ2n) is 5.23. The highest BCUT2D eigenvalue weighted by Gasteiger charge is 2.13. The van der Waals surface area contributed by atoms with Crippen LogP contribution in [0.5, 0.6) is 5.75 Å². The van der Waals surface area contributed by atoms with E-state index in [9.17, 15) is 9.90 Å². The summed E-state index contributed by atoms with van der Waals surface area (Å²) in [4.78, 5) is 12.4. The van der Waals surface area contributed by atoms with Crippen molar-refractivity contribution in [2.75, 3.05) is 5.32 Å². The molecule has 0 saturated carbocycles. The quantitative estimate of drug-likeness (QED) is 0.813. The number of carbonyl (C=O) groups excluding carboxylic acids is 1. The van der Waals surface area contributed by atoms with Crippen LogP contribution in [-0.2, 0) is 0 Å². The van der Waals surface area contributed by atoms with Gasteiger partial charge in [0.25, 0.3) is 5.91 Å². The van der Waals surface area contributed by atoms with Crippen molar-refractivity contribution in [2.24, 2.45) is 0 Å². The third-order valence-corrected chi connectivity index (χ3v) is 3.36. The number of nitrogens with one attached hydrogen (secondary N) is 1. The number of amides is 1. The molecule has 0 aliphatic carbocycles. The van der Waals surface area contributed by atoms with Gasteiger partial charge in [0, 0.05) is 11.3 Å². The molecule has 0 aromatic heterocycles. The van der Waals surface area contributed by atoms with Crippen LogP contribution in [0, 0.1) is 27.7 Å². The summed E-state index contributed by atoms with van der Waals surface area (Å²) < 4.78 is 0. The summed E-state index contributed by atoms with van der Waals surface area (Å²) in [7, 11) is 0. The molecule has 2 N–H and O–H groups in total. The second-order valence-corrected chi connectivity index (χ2v) is 5.23. The Morgan fingerprint density at radius 3 is 2.10 bits per heavy atom. The Balaban J connectivity index is 2.33. The average Bonchev–Trinajstić information content (AvgIpc) is 2.31. The Bertz CT molecular complexity index is 652. The lowest BCUT2D eigenvalue weighted by Gasteiger charge is -2.13. The van der Waals surface area contributed by atoms with Crippen LogP contribution in [0.4, 0.5) is 5.69 Å². The zero-order chi connectivity index (χ0) is 14.9. The number of phenols is 1. The second kappa shape index (κ2) is 5.37. The van der Waals surface area contributed by atoms with E-state index in [2.05, 4.69) is 5.32 Å². The van der Waals surface area contributed by atoms with Gasteiger partial charge in [-0.2, -0.15) is 0 Å². The lowest BCUT2D eigenvalue weighted by molar-refractivity contribution is 0.102. The van der Waals surface area contributed by atoms with Crippen LogP contribution in [0.3, 0.4) is 0 Å². The Labute approximate surface area is 119 Å². The SMILES string of the molecule is Cc1cc(C)c(C(=O)Nc2ccc(O)cc2C)c(C)c1. The van der Waals surface area contributed by atoms with Gasteiger partial charge in [-0.3, -0.25) is 4.79 Å². The van der Waals surface area contributed by atoms with Crippen molar-refractivity contribution in [3.63, 3.8) is 0 Å². The summed E-state index contributed by atoms with van der Waals surface area (Å²) >= 11 is 0. The average molecular weight is 269 g/mol. The van der Waals surface area contributed by atoms with Crippen molar-refractivity contribution in [3.05, 3.63) is 58.1 Å². The molecule has 0 spiro atoms. The van der Waals surface area contributed by atoms with E-state index in [4.69, 9.17) is 0 Å². The molecule has 0 saturated heterocycles. The predicted octanol–water partition coefficient (Wildman–Crippen LogP) is 3.88. The molecule has 0 bridgehead atoms. The van der Waals surface area contributed by atoms with Crippen molar-refractivity contribution in [2.45, 2.75) is 27.7 Å². The molecule has 2 aromatic carbocycles. The van der Waals surface area contributed by atoms with E-state index in [0.29, 0.717) is 11.3 Å². The zero-order valence-corrected chi connectivity index (χ0v) is 12.2. The molecule has 0 fully saturated rings. The zero-order valence-electron chi connectivity index (χ0n) is 12.2. The lowest BCUT2D eigenvalue weighted by atomic mass is 9.99. The van der Waals surface area contributed by atoms with Crippen LogP contribution >= 0.6 is 0 Å². The maximum Gasteiger partial charge on any atom is 0.256 e. The first-order valence-corrected chi connectivity index (χ1v) is 6.57. The predicted molar refractivity (Wildman–Crippen MR) is 81.5 cm³/mol. The largest absolute Gasteiger partial charge is 0.508 e. The number of anilines is 1. The van der Waals surface area contributed by atoms with Gasteiger partial charge < -0.3 is 10.4 Å². The Kier molecular flexibility index (Phi) is 3.79. The van der Waals surface area contributed by atoms with Crippen molar-refractivity contribution >= 4 is 11.6 Å². The van der Waals surface area contributed by atoms with Crippen LogP contribution in [0.15, 0.2) is 30.3 Å². The summed E-state index contributed by atoms with van der Waals surface area (Å²) in [6.07, 6.45) is 0. The maximum absolute atomic E-state index is 12.4. The third-order valence-electron chi connectivity index (χ3n) is 3.36. The molecule has 20 heavy (non-hydrogen) atoms. The van der Waals surface area contributed by atoms with Crippen molar-refractivity contribution in [1.29, 1.82) is 0 Å². The van der Waals surface area contributed by atoms with E-state index < -0.39 is 0 Å². The lowest BCUT2D eigenvalue weighted by Crippen LogP contribution is -2.15. The van der Waals surface area contributed by atoms with Gasteiger partial charge >= 0.3 is 0 Å². The molecule has 0 heterocycles. The van der Waals surface area contributed by atoms with Gasteiger partial charge in [-0.1, -0.05) is 17.7 Å². The van der Waals surface area contributed by atoms with Crippen molar-refractivity contribution in [1.82, 2.24) is 0 Å². The summed E-state index contributed by atoms with van der Waals surface area (Å²) in [6.45, 7) is 7.76. The molecule has 0 atom stereocenters. The molecule has 0 radical (unpaired) electrons. The summed E-state index contributed by atoms with van der Waals surface area (Å²) in [5.74, 6) is 0.0805. The smallest absolute Gasteiger partial charge is 0.256 e. The number of aromatic hydroxyl groups is 1. The fourth-order valence-corrected chi connectivity index (χ4v) is 2.51. The first kappa shape index (κ1) is 14.1. The van der Waals surface area contributed by atoms with E-state index in [1.807, 2.05) is 39.8 Å². The van der Waals surface area contributed by atoms with Gasteiger partial charge in [0.2, 0.25) is 0 Å². The van der Waals surface area contributed by atoms with E-state index in [1.165, 1.54) is 0 Å². The molecule has 0 aliphatic rings. The first-order valence-electron chi connectivity index (χ1n) is 6.57. The number of hydrogen-bond donors (Lipinski definition) is 2. The molecule has 104 valence electrons. The standard InChI is InChI=1S/C17H19NO2/c1-10-7-12(3)16(13(4)8-10)17(20)18-15-6-5-14(19)9-11(15)2/h5-9,19H,1-4H3,(H,18,20). The van der Waals surface area contributed by atoms with Gasteiger partial charge in [0.05, 0.1) is 0 Å². The topological polar surface area (TPSA) is 49.3 Å². The molecule has 3 heteroatoms. The number of carbonyl (C=O) groups is 1. The van der Waals surface area contributed by atoms with E-state index >= 15 is 0 Å². The molecule has 0 aliphatic heterocycles. The fourth-order valence-electron chi connectivity index (χ4n) is 2.51. The van der Waals surface area contributed by atoms with Crippen LogP contribution < -0.4 is 5.32 Å². The Morgan fingerprint density at radius 2 is 1.55 bits per heavy atom. The molecule has 2 aromatic rings. The summed E-state index contributed by atoms with van der Waals surface area (Å²) in [5.41, 5.74) is 5.35. The molecule has 1 amide bonds. The minimum atomic E-state index is -0.117. The molecular weight excluding hydrogens is 250 g/mol. The monoisotopic (exact) mass is 269 g/mol. The number of aryl methyl sites for hydroxylation is 4. The highest BCUT2D eigenvalue weighted by atomic mass is 16.3. The number of hydrogen-bond acceptors (Lipinski definition) is 2. The molecule has 3 nitrogen and oxygen atoms in total. The summed E-state index contributed by atoms with van der Waals surface area (Å²) in [6, 6.07) is 8.92. The summed E-state index contributed by atoms with van der Waals surface area (Å²) in [5, 5.41) is 12.3. The fraction of sp³-hybridized carbons (Fsp3) is 0.235. The highest BCUT2D eigenvalue weighted by Crippen LogP contribution is 2.22. The van der Waals surface area contributed by atoms with Gasteiger partial charge in [-0.15, -0.1) is 0 Å². The van der Waals surface area contributed by atoms with E-state index in [1.54, 1.807) is 18.2 Å². The molecule has 2 rings (SSSR count). The Morgan fingerprint density at radius 1 is 0.950 bits per heavy atom. The molecular formula is C17H19NO2. The Hall–Kier alpha value is -2.29. The maximum atomic E-state index is 12.4. The van der Waals surface area contributed by atoms with Gasteiger partial charge in [0.1, 0.15) is 5.75 Å². The normalized spacial score (nSPS) is 10.4. The molecule has 0 unspecified atom stereocenters. The van der Waals surface area contributed by atoms with Gasteiger partial charge in [-0.05, 0) is 62.6 Å². The van der Waals surface area contributed by atoms with Crippen LogP contribution in [0.1, 0.15) is 32.6 Å². The van der Waals surface area contributed by atoms with E-state index in [0.717, 1.165) is 22.3 Å². The van der Waals surface area contributed by atoms with Crippen LogP contribution in [0.2, 0.25) is 0 Å². The number of benzene rings is 2. The highest BCUT2D eigenvalue weighted by molar-refractivity contribution is 6.06. The van der Waals surface area contributed by atoms with Crippen LogP contribution in [0.25, 0.3) is 0 Å². The van der Waals surface area contributed by atoms with E-state index in [-0.39, 0.29) is 11.7 Å². The number of rotatable bonds is 2. The van der Waals surface area contributed by atoms with Crippen molar-refractivity contribution < 1.29 is 9.90 Å².